The largest absolute Gasteiger partial charge is 0.383 e. The third-order valence-electron chi connectivity index (χ3n) is 4.30. The van der Waals surface area contributed by atoms with Gasteiger partial charge in [0.25, 0.3) is 5.91 Å². The van der Waals surface area contributed by atoms with Crippen LogP contribution in [0, 0.1) is 0 Å². The van der Waals surface area contributed by atoms with Gasteiger partial charge in [0.15, 0.2) is 9.84 Å². The molecule has 6 nitrogen and oxygen atoms in total. The van der Waals surface area contributed by atoms with Gasteiger partial charge in [0.1, 0.15) is 6.61 Å². The topological polar surface area (TPSA) is 72.9 Å². The summed E-state index contributed by atoms with van der Waals surface area (Å²) < 4.78 is 33.8. The number of hydrogen-bond acceptors (Lipinski definition) is 5. The molecule has 0 saturated heterocycles. The van der Waals surface area contributed by atoms with Gasteiger partial charge in [-0.15, -0.1) is 0 Å². The average Bonchev–Trinajstić information content (AvgIpc) is 2.77. The van der Waals surface area contributed by atoms with Gasteiger partial charge in [-0.05, 0) is 29.3 Å². The van der Waals surface area contributed by atoms with Crippen molar-refractivity contribution in [2.45, 2.75) is 11.5 Å². The summed E-state index contributed by atoms with van der Waals surface area (Å²) >= 11 is 0. The van der Waals surface area contributed by atoms with Gasteiger partial charge in [-0.2, -0.15) is 0 Å². The summed E-state index contributed by atoms with van der Waals surface area (Å²) in [5.74, 6) is -0.106. The van der Waals surface area contributed by atoms with Crippen LogP contribution in [0.4, 0.5) is 5.69 Å². The fourth-order valence-electron chi connectivity index (χ4n) is 2.90. The van der Waals surface area contributed by atoms with Gasteiger partial charge in [0.05, 0.1) is 18.1 Å². The Balaban J connectivity index is 1.99. The van der Waals surface area contributed by atoms with Crippen molar-refractivity contribution in [1.29, 1.82) is 0 Å². The highest BCUT2D eigenvalue weighted by Crippen LogP contribution is 2.31. The van der Waals surface area contributed by atoms with Crippen molar-refractivity contribution < 1.29 is 22.7 Å². The van der Waals surface area contributed by atoms with Crippen LogP contribution in [0.1, 0.15) is 5.56 Å². The molecule has 0 bridgehead atoms. The van der Waals surface area contributed by atoms with E-state index < -0.39 is 9.84 Å². The van der Waals surface area contributed by atoms with Crippen LogP contribution < -0.4 is 4.90 Å². The minimum Gasteiger partial charge on any atom is -0.383 e. The second-order valence-electron chi connectivity index (χ2n) is 6.17. The Bertz CT molecular complexity index is 906. The number of hydrogen-bond donors (Lipinski definition) is 0. The lowest BCUT2D eigenvalue weighted by Gasteiger charge is -2.22. The van der Waals surface area contributed by atoms with Crippen molar-refractivity contribution in [3.8, 4) is 11.1 Å². The number of ether oxygens (including phenoxy) is 2. The zero-order chi connectivity index (χ0) is 18.7. The molecule has 0 saturated carbocycles. The summed E-state index contributed by atoms with van der Waals surface area (Å²) in [6.07, 6.45) is 1.18. The van der Waals surface area contributed by atoms with Crippen molar-refractivity contribution in [2.75, 3.05) is 38.0 Å². The zero-order valence-corrected chi connectivity index (χ0v) is 15.6. The minimum atomic E-state index is -3.23. The Kier molecular flexibility index (Phi) is 5.41. The molecule has 2 aromatic carbocycles. The van der Waals surface area contributed by atoms with Gasteiger partial charge in [-0.3, -0.25) is 4.79 Å². The number of sulfone groups is 1. The Morgan fingerprint density at radius 2 is 1.77 bits per heavy atom. The first-order valence-corrected chi connectivity index (χ1v) is 10.1. The van der Waals surface area contributed by atoms with Crippen LogP contribution in [-0.2, 0) is 30.7 Å². The fourth-order valence-corrected chi connectivity index (χ4v) is 3.53. The Morgan fingerprint density at radius 3 is 2.42 bits per heavy atom. The lowest BCUT2D eigenvalue weighted by molar-refractivity contribution is -0.123. The molecule has 0 unspecified atom stereocenters. The molecule has 138 valence electrons. The Morgan fingerprint density at radius 1 is 1.08 bits per heavy atom. The number of methoxy groups -OCH3 is 1. The van der Waals surface area contributed by atoms with Crippen LogP contribution in [0.2, 0.25) is 0 Å². The standard InChI is InChI=1S/C19H21NO5S/c1-24-10-9-20-18-11-15(3-4-16(18)12-25-13-19(20)21)14-5-7-17(8-6-14)26(2,22)23/h3-8,11H,9-10,12-13H2,1-2H3. The molecular weight excluding hydrogens is 354 g/mol. The lowest BCUT2D eigenvalue weighted by atomic mass is 10.0. The van der Waals surface area contributed by atoms with Crippen LogP contribution in [0.25, 0.3) is 11.1 Å². The summed E-state index contributed by atoms with van der Waals surface area (Å²) in [5.41, 5.74) is 3.52. The second kappa shape index (κ2) is 7.57. The molecule has 1 amide bonds. The molecule has 0 spiro atoms. The van der Waals surface area contributed by atoms with Crippen molar-refractivity contribution in [1.82, 2.24) is 0 Å². The van der Waals surface area contributed by atoms with Crippen LogP contribution >= 0.6 is 0 Å². The normalized spacial score (nSPS) is 14.8. The third kappa shape index (κ3) is 3.95. The van der Waals surface area contributed by atoms with E-state index in [2.05, 4.69) is 0 Å². The average molecular weight is 375 g/mol. The molecule has 1 aliphatic heterocycles. The van der Waals surface area contributed by atoms with Crippen LogP contribution in [0.3, 0.4) is 0 Å². The maximum absolute atomic E-state index is 12.4. The van der Waals surface area contributed by atoms with Gasteiger partial charge in [-0.1, -0.05) is 24.3 Å². The summed E-state index contributed by atoms with van der Waals surface area (Å²) in [5, 5.41) is 0. The Labute approximate surface area is 153 Å². The molecule has 2 aromatic rings. The van der Waals surface area contributed by atoms with Crippen molar-refractivity contribution in [3.63, 3.8) is 0 Å². The number of nitrogens with zero attached hydrogens (tertiary/aromatic N) is 1. The van der Waals surface area contributed by atoms with Crippen molar-refractivity contribution in [2.24, 2.45) is 0 Å². The summed E-state index contributed by atoms with van der Waals surface area (Å²) in [4.78, 5) is 14.3. The first kappa shape index (κ1) is 18.6. The highest BCUT2D eigenvalue weighted by atomic mass is 32.2. The molecule has 26 heavy (non-hydrogen) atoms. The predicted octanol–water partition coefficient (Wildman–Crippen LogP) is 2.27. The van der Waals surface area contributed by atoms with Crippen LogP contribution in [0.15, 0.2) is 47.4 Å². The number of carbonyl (C=O) groups is 1. The fraction of sp³-hybridized carbons (Fsp3) is 0.316. The smallest absolute Gasteiger partial charge is 0.253 e. The van der Waals surface area contributed by atoms with E-state index in [4.69, 9.17) is 9.47 Å². The first-order valence-electron chi connectivity index (χ1n) is 8.20. The lowest BCUT2D eigenvalue weighted by Crippen LogP contribution is -2.35. The SMILES string of the molecule is COCCN1C(=O)COCc2ccc(-c3ccc(S(C)(=O)=O)cc3)cc21. The number of anilines is 1. The molecule has 7 heteroatoms. The van der Waals surface area contributed by atoms with Crippen LogP contribution in [0.5, 0.6) is 0 Å². The molecule has 0 N–H and O–H groups in total. The maximum Gasteiger partial charge on any atom is 0.253 e. The number of fused-ring (bicyclic) bond motifs is 1. The van der Waals surface area contributed by atoms with E-state index in [0.717, 1.165) is 22.4 Å². The summed E-state index contributed by atoms with van der Waals surface area (Å²) in [6.45, 7) is 1.29. The van der Waals surface area contributed by atoms with Crippen molar-refractivity contribution in [3.05, 3.63) is 48.0 Å². The monoisotopic (exact) mass is 375 g/mol. The highest BCUT2D eigenvalue weighted by molar-refractivity contribution is 7.90. The zero-order valence-electron chi connectivity index (χ0n) is 14.8. The summed E-state index contributed by atoms with van der Waals surface area (Å²) in [7, 11) is -1.63. The molecule has 0 aliphatic carbocycles. The molecule has 3 rings (SSSR count). The minimum absolute atomic E-state index is 0.0385. The molecule has 0 atom stereocenters. The molecule has 0 radical (unpaired) electrons. The number of amides is 1. The molecule has 0 aromatic heterocycles. The van der Waals surface area contributed by atoms with Gasteiger partial charge in [-0.25, -0.2) is 8.42 Å². The first-order chi connectivity index (χ1) is 12.4. The van der Waals surface area contributed by atoms with Crippen molar-refractivity contribution >= 4 is 21.4 Å². The second-order valence-corrected chi connectivity index (χ2v) is 8.19. The predicted molar refractivity (Wildman–Crippen MR) is 98.9 cm³/mol. The van der Waals surface area contributed by atoms with E-state index in [1.165, 1.54) is 6.26 Å². The van der Waals surface area contributed by atoms with E-state index in [1.807, 2.05) is 18.2 Å². The van der Waals surface area contributed by atoms with E-state index >= 15 is 0 Å². The van der Waals surface area contributed by atoms with E-state index in [9.17, 15) is 13.2 Å². The highest BCUT2D eigenvalue weighted by Gasteiger charge is 2.23. The van der Waals surface area contributed by atoms with E-state index in [0.29, 0.717) is 19.8 Å². The molecule has 0 fully saturated rings. The number of carbonyl (C=O) groups excluding carboxylic acids is 1. The summed E-state index contributed by atoms with van der Waals surface area (Å²) in [6, 6.07) is 12.5. The molecule has 1 aliphatic rings. The quantitative estimate of drug-likeness (QED) is 0.802. The van der Waals surface area contributed by atoms with Gasteiger partial charge < -0.3 is 14.4 Å². The number of benzene rings is 2. The number of rotatable bonds is 5. The van der Waals surface area contributed by atoms with Crippen LogP contribution in [-0.4, -0.2) is 47.4 Å². The Hall–Kier alpha value is -2.22. The van der Waals surface area contributed by atoms with Gasteiger partial charge >= 0.3 is 0 Å². The van der Waals surface area contributed by atoms with E-state index in [-0.39, 0.29) is 17.4 Å². The molecule has 1 heterocycles. The van der Waals surface area contributed by atoms with E-state index in [1.54, 1.807) is 36.3 Å². The molecular formula is C19H21NO5S. The van der Waals surface area contributed by atoms with Gasteiger partial charge in [0.2, 0.25) is 0 Å². The maximum atomic E-state index is 12.4. The van der Waals surface area contributed by atoms with Gasteiger partial charge in [0, 0.05) is 31.2 Å². The third-order valence-corrected chi connectivity index (χ3v) is 5.42.